The average Bonchev–Trinajstić information content (AvgIpc) is 2.64. The van der Waals surface area contributed by atoms with Gasteiger partial charge >= 0.3 is 0 Å². The van der Waals surface area contributed by atoms with Gasteiger partial charge in [0.05, 0.1) is 0 Å². The van der Waals surface area contributed by atoms with Gasteiger partial charge in [0.25, 0.3) is 0 Å². The third-order valence-electron chi connectivity index (χ3n) is 4.83. The number of nitrogens with one attached hydrogen (secondary N) is 1. The van der Waals surface area contributed by atoms with Gasteiger partial charge in [-0.15, -0.1) is 24.8 Å². The summed E-state index contributed by atoms with van der Waals surface area (Å²) in [4.78, 5) is 2.63. The number of para-hydroxylation sites is 1. The first kappa shape index (κ1) is 23.8. The number of hydrogen-bond acceptors (Lipinski definition) is 3. The van der Waals surface area contributed by atoms with Gasteiger partial charge in [0.1, 0.15) is 11.5 Å². The summed E-state index contributed by atoms with van der Waals surface area (Å²) >= 11 is 0. The lowest BCUT2D eigenvalue weighted by atomic mass is 9.95. The zero-order valence-electron chi connectivity index (χ0n) is 16.3. The predicted molar refractivity (Wildman–Crippen MR) is 119 cm³/mol. The molecule has 1 saturated heterocycles. The van der Waals surface area contributed by atoms with Crippen molar-refractivity contribution in [1.29, 1.82) is 0 Å². The summed E-state index contributed by atoms with van der Waals surface area (Å²) in [6.07, 6.45) is 2.45. The van der Waals surface area contributed by atoms with Crippen LogP contribution >= 0.6 is 24.8 Å². The van der Waals surface area contributed by atoms with Crippen molar-refractivity contribution in [3.63, 3.8) is 0 Å². The second kappa shape index (κ2) is 12.2. The van der Waals surface area contributed by atoms with E-state index in [0.717, 1.165) is 43.6 Å². The molecule has 0 unspecified atom stereocenters. The third kappa shape index (κ3) is 7.34. The molecule has 0 spiro atoms. The van der Waals surface area contributed by atoms with Gasteiger partial charge in [0.2, 0.25) is 0 Å². The SMILES string of the molecule is CC(C)CC[C@H](c1cccc(Oc2ccccc2)c1)N1CCNCC1.Cl.Cl. The lowest BCUT2D eigenvalue weighted by Gasteiger charge is -2.35. The Labute approximate surface area is 176 Å². The Kier molecular flexibility index (Phi) is 10.8. The Balaban J connectivity index is 0.00000182. The van der Waals surface area contributed by atoms with E-state index in [1.165, 1.54) is 18.4 Å². The highest BCUT2D eigenvalue weighted by Crippen LogP contribution is 2.31. The molecule has 2 aromatic rings. The van der Waals surface area contributed by atoms with Gasteiger partial charge in [-0.05, 0) is 48.6 Å². The summed E-state index contributed by atoms with van der Waals surface area (Å²) in [7, 11) is 0. The molecule has 1 aliphatic heterocycles. The van der Waals surface area contributed by atoms with Gasteiger partial charge in [0.15, 0.2) is 0 Å². The van der Waals surface area contributed by atoms with Crippen molar-refractivity contribution in [2.45, 2.75) is 32.7 Å². The fourth-order valence-corrected chi connectivity index (χ4v) is 3.45. The molecule has 27 heavy (non-hydrogen) atoms. The quantitative estimate of drug-likeness (QED) is 0.632. The standard InChI is InChI=1S/C22H30N2O.2ClH/c1-18(2)11-12-22(24-15-13-23-14-16-24)19-7-6-10-21(17-19)25-20-8-4-3-5-9-20;;/h3-10,17-18,22-23H,11-16H2,1-2H3;2*1H/t22-;;/m1../s1. The molecule has 0 saturated carbocycles. The molecular weight excluding hydrogens is 379 g/mol. The largest absolute Gasteiger partial charge is 0.457 e. The minimum Gasteiger partial charge on any atom is -0.457 e. The fourth-order valence-electron chi connectivity index (χ4n) is 3.45. The second-order valence-corrected chi connectivity index (χ2v) is 7.26. The molecule has 0 aromatic heterocycles. The number of hydrogen-bond donors (Lipinski definition) is 1. The van der Waals surface area contributed by atoms with Crippen LogP contribution in [0.3, 0.4) is 0 Å². The first-order valence-corrected chi connectivity index (χ1v) is 9.50. The molecular formula is C22H32Cl2N2O. The number of nitrogens with zero attached hydrogens (tertiary/aromatic N) is 1. The van der Waals surface area contributed by atoms with Crippen molar-refractivity contribution < 1.29 is 4.74 Å². The number of halogens is 2. The molecule has 1 atom stereocenters. The van der Waals surface area contributed by atoms with Crippen molar-refractivity contribution in [3.05, 3.63) is 60.2 Å². The van der Waals surface area contributed by atoms with Crippen molar-refractivity contribution >= 4 is 24.8 Å². The fraction of sp³-hybridized carbons (Fsp3) is 0.455. The maximum atomic E-state index is 6.05. The number of benzene rings is 2. The number of ether oxygens (including phenoxy) is 1. The summed E-state index contributed by atoms with van der Waals surface area (Å²) < 4.78 is 6.05. The van der Waals surface area contributed by atoms with E-state index in [2.05, 4.69) is 42.3 Å². The predicted octanol–water partition coefficient (Wildman–Crippen LogP) is 5.71. The average molecular weight is 411 g/mol. The summed E-state index contributed by atoms with van der Waals surface area (Å²) in [6.45, 7) is 9.02. The van der Waals surface area contributed by atoms with Crippen LogP contribution in [0.1, 0.15) is 38.3 Å². The molecule has 1 heterocycles. The van der Waals surface area contributed by atoms with E-state index in [1.807, 2.05) is 36.4 Å². The van der Waals surface area contributed by atoms with Gasteiger partial charge in [-0.1, -0.05) is 44.2 Å². The lowest BCUT2D eigenvalue weighted by molar-refractivity contribution is 0.159. The molecule has 0 aliphatic carbocycles. The number of rotatable bonds is 7. The van der Waals surface area contributed by atoms with E-state index >= 15 is 0 Å². The Hall–Kier alpha value is -1.26. The van der Waals surface area contributed by atoms with E-state index in [-0.39, 0.29) is 24.8 Å². The van der Waals surface area contributed by atoms with Crippen LogP contribution in [-0.2, 0) is 0 Å². The zero-order chi connectivity index (χ0) is 17.5. The molecule has 1 aliphatic rings. The van der Waals surface area contributed by atoms with Crippen molar-refractivity contribution in [1.82, 2.24) is 10.2 Å². The van der Waals surface area contributed by atoms with Crippen molar-refractivity contribution in [3.8, 4) is 11.5 Å². The summed E-state index contributed by atoms with van der Waals surface area (Å²) in [5.74, 6) is 2.54. The van der Waals surface area contributed by atoms with Gasteiger partial charge < -0.3 is 10.1 Å². The van der Waals surface area contributed by atoms with Crippen molar-refractivity contribution in [2.24, 2.45) is 5.92 Å². The molecule has 5 heteroatoms. The van der Waals surface area contributed by atoms with Crippen LogP contribution in [0.5, 0.6) is 11.5 Å². The Bertz CT molecular complexity index is 646. The molecule has 3 rings (SSSR count). The Morgan fingerprint density at radius 1 is 0.889 bits per heavy atom. The topological polar surface area (TPSA) is 24.5 Å². The van der Waals surface area contributed by atoms with E-state index in [9.17, 15) is 0 Å². The molecule has 0 bridgehead atoms. The highest BCUT2D eigenvalue weighted by molar-refractivity contribution is 5.85. The molecule has 0 radical (unpaired) electrons. The van der Waals surface area contributed by atoms with E-state index in [1.54, 1.807) is 0 Å². The Morgan fingerprint density at radius 2 is 1.56 bits per heavy atom. The van der Waals surface area contributed by atoms with Gasteiger partial charge in [0, 0.05) is 32.2 Å². The summed E-state index contributed by atoms with van der Waals surface area (Å²) in [6, 6.07) is 19.1. The Morgan fingerprint density at radius 3 is 2.22 bits per heavy atom. The van der Waals surface area contributed by atoms with E-state index < -0.39 is 0 Å². The first-order chi connectivity index (χ1) is 12.2. The highest BCUT2D eigenvalue weighted by atomic mass is 35.5. The monoisotopic (exact) mass is 410 g/mol. The third-order valence-corrected chi connectivity index (χ3v) is 4.83. The van der Waals surface area contributed by atoms with Crippen LogP contribution in [0.15, 0.2) is 54.6 Å². The van der Waals surface area contributed by atoms with Crippen LogP contribution < -0.4 is 10.1 Å². The second-order valence-electron chi connectivity index (χ2n) is 7.26. The smallest absolute Gasteiger partial charge is 0.127 e. The van der Waals surface area contributed by atoms with Crippen LogP contribution in [0.2, 0.25) is 0 Å². The zero-order valence-corrected chi connectivity index (χ0v) is 17.9. The van der Waals surface area contributed by atoms with Gasteiger partial charge in [-0.3, -0.25) is 4.90 Å². The molecule has 150 valence electrons. The maximum absolute atomic E-state index is 6.05. The van der Waals surface area contributed by atoms with Crippen LogP contribution in [0.4, 0.5) is 0 Å². The highest BCUT2D eigenvalue weighted by Gasteiger charge is 2.22. The molecule has 2 aromatic carbocycles. The molecule has 0 amide bonds. The number of piperazine rings is 1. The van der Waals surface area contributed by atoms with Crippen molar-refractivity contribution in [2.75, 3.05) is 26.2 Å². The van der Waals surface area contributed by atoms with E-state index in [4.69, 9.17) is 4.74 Å². The van der Waals surface area contributed by atoms with Gasteiger partial charge in [-0.25, -0.2) is 0 Å². The minimum atomic E-state index is 0. The lowest BCUT2D eigenvalue weighted by Crippen LogP contribution is -2.45. The van der Waals surface area contributed by atoms with Crippen LogP contribution in [0.25, 0.3) is 0 Å². The summed E-state index contributed by atoms with van der Waals surface area (Å²) in [5.41, 5.74) is 1.37. The normalized spacial score (nSPS) is 15.5. The molecule has 1 fully saturated rings. The van der Waals surface area contributed by atoms with Gasteiger partial charge in [-0.2, -0.15) is 0 Å². The van der Waals surface area contributed by atoms with E-state index in [0.29, 0.717) is 6.04 Å². The maximum Gasteiger partial charge on any atom is 0.127 e. The molecule has 1 N–H and O–H groups in total. The van der Waals surface area contributed by atoms with Crippen LogP contribution in [0, 0.1) is 5.92 Å². The first-order valence-electron chi connectivity index (χ1n) is 9.50. The summed E-state index contributed by atoms with van der Waals surface area (Å²) in [5, 5.41) is 3.46. The van der Waals surface area contributed by atoms with Crippen LogP contribution in [-0.4, -0.2) is 31.1 Å². The minimum absolute atomic E-state index is 0. The molecule has 3 nitrogen and oxygen atoms in total.